The Labute approximate surface area is 121 Å². The van der Waals surface area contributed by atoms with E-state index in [1.165, 1.54) is 44.2 Å². The minimum Gasteiger partial charge on any atom is -0.346 e. The quantitative estimate of drug-likeness (QED) is 0.889. The maximum Gasteiger partial charge on any atom is 0.108 e. The van der Waals surface area contributed by atoms with Gasteiger partial charge in [-0.2, -0.15) is 0 Å². The van der Waals surface area contributed by atoms with E-state index in [0.717, 1.165) is 35.7 Å². The Morgan fingerprint density at radius 3 is 2.15 bits per heavy atom. The molecule has 1 atom stereocenters. The van der Waals surface area contributed by atoms with Crippen LogP contribution in [0.2, 0.25) is 0 Å². The number of aromatic amines is 1. The normalized spacial score (nSPS) is 40.2. The lowest BCUT2D eigenvalue weighted by Crippen LogP contribution is -2.55. The number of aryl methyl sites for hydroxylation is 2. The van der Waals surface area contributed by atoms with Crippen LogP contribution in [0, 0.1) is 37.0 Å². The fourth-order valence-corrected chi connectivity index (χ4v) is 5.77. The van der Waals surface area contributed by atoms with Crippen molar-refractivity contribution in [3.05, 3.63) is 17.2 Å². The highest BCUT2D eigenvalue weighted by Crippen LogP contribution is 2.61. The first-order valence-electron chi connectivity index (χ1n) is 8.32. The molecule has 110 valence electrons. The summed E-state index contributed by atoms with van der Waals surface area (Å²) in [4.78, 5) is 8.06. The highest BCUT2D eigenvalue weighted by atomic mass is 14.9. The van der Waals surface area contributed by atoms with Gasteiger partial charge in [-0.1, -0.05) is 0 Å². The maximum atomic E-state index is 6.70. The minimum absolute atomic E-state index is 0.292. The molecule has 1 aromatic heterocycles. The van der Waals surface area contributed by atoms with Crippen molar-refractivity contribution in [2.45, 2.75) is 64.8 Å². The van der Waals surface area contributed by atoms with Crippen LogP contribution in [-0.2, 0) is 6.42 Å². The number of nitrogens with zero attached hydrogens (tertiary/aromatic N) is 1. The van der Waals surface area contributed by atoms with Crippen LogP contribution in [0.3, 0.4) is 0 Å². The molecule has 5 rings (SSSR count). The average Bonchev–Trinajstić information content (AvgIpc) is 2.66. The maximum absolute atomic E-state index is 6.70. The summed E-state index contributed by atoms with van der Waals surface area (Å²) in [5.74, 6) is 4.04. The van der Waals surface area contributed by atoms with Crippen molar-refractivity contribution >= 4 is 0 Å². The number of H-pyrrole nitrogens is 1. The average molecular weight is 273 g/mol. The molecule has 4 aliphatic rings. The van der Waals surface area contributed by atoms with E-state index in [2.05, 4.69) is 23.8 Å². The third kappa shape index (κ3) is 1.93. The smallest absolute Gasteiger partial charge is 0.108 e. The lowest BCUT2D eigenvalue weighted by molar-refractivity contribution is -0.0670. The predicted molar refractivity (Wildman–Crippen MR) is 80.3 cm³/mol. The van der Waals surface area contributed by atoms with Crippen LogP contribution in [-0.4, -0.2) is 16.0 Å². The monoisotopic (exact) mass is 273 g/mol. The highest BCUT2D eigenvalue weighted by molar-refractivity contribution is 5.13. The van der Waals surface area contributed by atoms with E-state index >= 15 is 0 Å². The van der Waals surface area contributed by atoms with Gasteiger partial charge in [0, 0.05) is 18.2 Å². The first-order valence-corrected chi connectivity index (χ1v) is 8.32. The van der Waals surface area contributed by atoms with Gasteiger partial charge in [0.1, 0.15) is 5.82 Å². The molecule has 0 aromatic carbocycles. The third-order valence-electron chi connectivity index (χ3n) is 6.46. The Bertz CT molecular complexity index is 462. The molecule has 0 aliphatic heterocycles. The van der Waals surface area contributed by atoms with Crippen LogP contribution >= 0.6 is 0 Å². The number of hydrogen-bond donors (Lipinski definition) is 2. The van der Waals surface area contributed by atoms with Gasteiger partial charge < -0.3 is 10.7 Å². The second kappa shape index (κ2) is 4.33. The van der Waals surface area contributed by atoms with Crippen LogP contribution in [0.1, 0.15) is 55.7 Å². The van der Waals surface area contributed by atoms with Crippen LogP contribution in [0.15, 0.2) is 0 Å². The Hall–Kier alpha value is -0.830. The minimum atomic E-state index is 0.292. The van der Waals surface area contributed by atoms with Gasteiger partial charge in [-0.25, -0.2) is 4.98 Å². The first-order chi connectivity index (χ1) is 9.54. The summed E-state index contributed by atoms with van der Waals surface area (Å²) in [6.45, 7) is 4.17. The van der Waals surface area contributed by atoms with Crippen molar-refractivity contribution in [1.82, 2.24) is 9.97 Å². The molecule has 3 heteroatoms. The van der Waals surface area contributed by atoms with Crippen LogP contribution in [0.4, 0.5) is 0 Å². The molecule has 3 N–H and O–H groups in total. The molecule has 3 nitrogen and oxygen atoms in total. The molecular formula is C17H27N3. The molecule has 4 saturated carbocycles. The molecule has 1 unspecified atom stereocenters. The van der Waals surface area contributed by atoms with Gasteiger partial charge in [-0.05, 0) is 75.5 Å². The van der Waals surface area contributed by atoms with Gasteiger partial charge >= 0.3 is 0 Å². The van der Waals surface area contributed by atoms with Crippen molar-refractivity contribution in [3.63, 3.8) is 0 Å². The molecule has 4 bridgehead atoms. The zero-order valence-corrected chi connectivity index (χ0v) is 12.8. The number of nitrogens with two attached hydrogens (primary N) is 1. The molecule has 1 aromatic rings. The van der Waals surface area contributed by atoms with E-state index in [-0.39, 0.29) is 0 Å². The van der Waals surface area contributed by atoms with E-state index in [0.29, 0.717) is 11.5 Å². The second-order valence-electron chi connectivity index (χ2n) is 7.98. The molecule has 4 fully saturated rings. The summed E-state index contributed by atoms with van der Waals surface area (Å²) in [7, 11) is 0. The number of rotatable bonds is 3. The van der Waals surface area contributed by atoms with E-state index in [1.54, 1.807) is 0 Å². The number of nitrogens with one attached hydrogen (secondary N) is 1. The van der Waals surface area contributed by atoms with Crippen LogP contribution in [0.25, 0.3) is 0 Å². The molecule has 0 amide bonds. The summed E-state index contributed by atoms with van der Waals surface area (Å²) in [6.07, 6.45) is 9.57. The SMILES string of the molecule is Cc1nc(CC(N)C23CC4CC(CC(C4)C2)C3)[nH]c1C. The summed E-state index contributed by atoms with van der Waals surface area (Å²) < 4.78 is 0. The summed E-state index contributed by atoms with van der Waals surface area (Å²) in [5, 5.41) is 0. The van der Waals surface area contributed by atoms with Crippen LogP contribution in [0.5, 0.6) is 0 Å². The highest BCUT2D eigenvalue weighted by Gasteiger charge is 2.53. The largest absolute Gasteiger partial charge is 0.346 e. The Kier molecular flexibility index (Phi) is 2.79. The molecule has 20 heavy (non-hydrogen) atoms. The van der Waals surface area contributed by atoms with Crippen molar-refractivity contribution < 1.29 is 0 Å². The zero-order valence-electron chi connectivity index (χ0n) is 12.8. The Morgan fingerprint density at radius 2 is 1.70 bits per heavy atom. The van der Waals surface area contributed by atoms with Crippen molar-refractivity contribution in [3.8, 4) is 0 Å². The molecule has 0 spiro atoms. The van der Waals surface area contributed by atoms with E-state index in [1.807, 2.05) is 0 Å². The standard InChI is InChI=1S/C17H27N3/c1-10-11(2)20-16(19-10)6-15(18)17-7-12-3-13(8-17)5-14(4-12)9-17/h12-15H,3-9,18H2,1-2H3,(H,19,20). The Balaban J connectivity index is 1.54. The fraction of sp³-hybridized carbons (Fsp3) is 0.824. The molecule has 4 aliphatic carbocycles. The summed E-state index contributed by atoms with van der Waals surface area (Å²) in [6, 6.07) is 0.292. The van der Waals surface area contributed by atoms with Gasteiger partial charge in [0.15, 0.2) is 0 Å². The number of hydrogen-bond acceptors (Lipinski definition) is 2. The summed E-state index contributed by atoms with van der Waals surface area (Å²) >= 11 is 0. The zero-order chi connectivity index (χ0) is 13.9. The van der Waals surface area contributed by atoms with Gasteiger partial charge in [-0.3, -0.25) is 0 Å². The lowest BCUT2D eigenvalue weighted by Gasteiger charge is -2.59. The van der Waals surface area contributed by atoms with Gasteiger partial charge in [0.25, 0.3) is 0 Å². The first kappa shape index (κ1) is 12.9. The molecule has 0 radical (unpaired) electrons. The topological polar surface area (TPSA) is 54.7 Å². The number of aromatic nitrogens is 2. The summed E-state index contributed by atoms with van der Waals surface area (Å²) in [5.41, 5.74) is 9.45. The van der Waals surface area contributed by atoms with E-state index in [4.69, 9.17) is 5.73 Å². The van der Waals surface area contributed by atoms with Gasteiger partial charge in [0.2, 0.25) is 0 Å². The van der Waals surface area contributed by atoms with Gasteiger partial charge in [0.05, 0.1) is 5.69 Å². The molecule has 0 saturated heterocycles. The second-order valence-corrected chi connectivity index (χ2v) is 7.98. The number of imidazole rings is 1. The van der Waals surface area contributed by atoms with Crippen molar-refractivity contribution in [1.29, 1.82) is 0 Å². The Morgan fingerprint density at radius 1 is 1.15 bits per heavy atom. The molecule has 1 heterocycles. The van der Waals surface area contributed by atoms with Crippen LogP contribution < -0.4 is 5.73 Å². The van der Waals surface area contributed by atoms with Crippen molar-refractivity contribution in [2.75, 3.05) is 0 Å². The lowest BCUT2D eigenvalue weighted by atomic mass is 9.47. The van der Waals surface area contributed by atoms with E-state index in [9.17, 15) is 0 Å². The third-order valence-corrected chi connectivity index (χ3v) is 6.46. The molecular weight excluding hydrogens is 246 g/mol. The fourth-order valence-electron chi connectivity index (χ4n) is 5.77. The predicted octanol–water partition coefficient (Wildman–Crippen LogP) is 3.11. The van der Waals surface area contributed by atoms with E-state index < -0.39 is 0 Å². The van der Waals surface area contributed by atoms with Gasteiger partial charge in [-0.15, -0.1) is 0 Å². The van der Waals surface area contributed by atoms with Crippen molar-refractivity contribution in [2.24, 2.45) is 28.9 Å².